The number of carboxylic acid groups (broad SMARTS) is 1. The summed E-state index contributed by atoms with van der Waals surface area (Å²) in [6, 6.07) is 0. The summed E-state index contributed by atoms with van der Waals surface area (Å²) in [5, 5.41) is 8.98. The van der Waals surface area contributed by atoms with Crippen LogP contribution in [0.2, 0.25) is 0 Å². The number of aryl methyl sites for hydroxylation is 1. The molecular weight excluding hydrogens is 194 g/mol. The van der Waals surface area contributed by atoms with Crippen LogP contribution in [0.4, 0.5) is 0 Å². The zero-order valence-electron chi connectivity index (χ0n) is 8.62. The van der Waals surface area contributed by atoms with Crippen LogP contribution in [0.1, 0.15) is 34.5 Å². The molecular formula is C11H13NO3. The van der Waals surface area contributed by atoms with E-state index in [9.17, 15) is 4.79 Å². The van der Waals surface area contributed by atoms with Gasteiger partial charge in [0.25, 0.3) is 0 Å². The molecule has 2 rings (SSSR count). The highest BCUT2D eigenvalue weighted by atomic mass is 16.5. The van der Waals surface area contributed by atoms with Crippen LogP contribution < -0.4 is 4.74 Å². The second kappa shape index (κ2) is 3.88. The maximum atomic E-state index is 10.9. The second-order valence-electron chi connectivity index (χ2n) is 3.64. The summed E-state index contributed by atoms with van der Waals surface area (Å²) >= 11 is 0. The molecule has 0 amide bonds. The first kappa shape index (κ1) is 9.96. The Kier molecular flexibility index (Phi) is 2.58. The number of hydrogen-bond donors (Lipinski definition) is 1. The largest absolute Gasteiger partial charge is 0.495 e. The van der Waals surface area contributed by atoms with E-state index in [1.54, 1.807) is 0 Å². The number of methoxy groups -OCH3 is 1. The van der Waals surface area contributed by atoms with E-state index in [4.69, 9.17) is 9.84 Å². The first-order valence-corrected chi connectivity index (χ1v) is 5.02. The molecule has 15 heavy (non-hydrogen) atoms. The van der Waals surface area contributed by atoms with E-state index in [0.717, 1.165) is 36.9 Å². The van der Waals surface area contributed by atoms with Crippen molar-refractivity contribution < 1.29 is 14.6 Å². The number of carbonyl (C=O) groups is 1. The monoisotopic (exact) mass is 207 g/mol. The minimum Gasteiger partial charge on any atom is -0.495 e. The van der Waals surface area contributed by atoms with Gasteiger partial charge in [-0.2, -0.15) is 0 Å². The van der Waals surface area contributed by atoms with Crippen LogP contribution in [-0.2, 0) is 12.8 Å². The fraction of sp³-hybridized carbons (Fsp3) is 0.455. The third kappa shape index (κ3) is 1.67. The summed E-state index contributed by atoms with van der Waals surface area (Å²) in [5.74, 6) is -0.486. The predicted molar refractivity (Wildman–Crippen MR) is 54.4 cm³/mol. The van der Waals surface area contributed by atoms with E-state index >= 15 is 0 Å². The Bertz CT molecular complexity index is 401. The first-order chi connectivity index (χ1) is 7.24. The third-order valence-electron chi connectivity index (χ3n) is 2.74. The Morgan fingerprint density at radius 3 is 2.87 bits per heavy atom. The molecule has 1 N–H and O–H groups in total. The number of carboxylic acids is 1. The van der Waals surface area contributed by atoms with Crippen molar-refractivity contribution in [2.75, 3.05) is 7.11 Å². The van der Waals surface area contributed by atoms with Crippen molar-refractivity contribution in [2.24, 2.45) is 0 Å². The zero-order valence-corrected chi connectivity index (χ0v) is 8.62. The molecule has 1 aromatic rings. The summed E-state index contributed by atoms with van der Waals surface area (Å²) < 4.78 is 5.18. The lowest BCUT2D eigenvalue weighted by Gasteiger charge is -2.18. The molecule has 0 fully saturated rings. The quantitative estimate of drug-likeness (QED) is 0.801. The summed E-state index contributed by atoms with van der Waals surface area (Å²) in [7, 11) is 1.51. The second-order valence-corrected chi connectivity index (χ2v) is 3.64. The van der Waals surface area contributed by atoms with Crippen molar-refractivity contribution in [1.82, 2.24) is 4.98 Å². The minimum atomic E-state index is -0.979. The van der Waals surface area contributed by atoms with Gasteiger partial charge in [-0.05, 0) is 25.7 Å². The number of nitrogens with zero attached hydrogens (tertiary/aromatic N) is 1. The number of fused-ring (bicyclic) bond motifs is 1. The van der Waals surface area contributed by atoms with Gasteiger partial charge in [0.15, 0.2) is 0 Å². The molecule has 80 valence electrons. The van der Waals surface area contributed by atoms with Crippen molar-refractivity contribution in [3.05, 3.63) is 23.0 Å². The summed E-state index contributed by atoms with van der Waals surface area (Å²) in [6.07, 6.45) is 5.38. The van der Waals surface area contributed by atoms with Crippen molar-refractivity contribution in [3.63, 3.8) is 0 Å². The highest BCUT2D eigenvalue weighted by molar-refractivity contribution is 5.91. The molecule has 4 heteroatoms. The molecule has 0 saturated heterocycles. The highest BCUT2D eigenvalue weighted by Crippen LogP contribution is 2.31. The maximum Gasteiger partial charge on any atom is 0.341 e. The van der Waals surface area contributed by atoms with Gasteiger partial charge in [-0.3, -0.25) is 4.98 Å². The number of pyridine rings is 1. The minimum absolute atomic E-state index is 0.165. The Labute approximate surface area is 87.9 Å². The van der Waals surface area contributed by atoms with Crippen LogP contribution in [0.5, 0.6) is 5.75 Å². The lowest BCUT2D eigenvalue weighted by atomic mass is 9.94. The maximum absolute atomic E-state index is 10.9. The van der Waals surface area contributed by atoms with Crippen LogP contribution in [0.3, 0.4) is 0 Å². The average molecular weight is 207 g/mol. The SMILES string of the molecule is COc1c(C(=O)O)cnc2c1CCCC2. The Hall–Kier alpha value is -1.58. The van der Waals surface area contributed by atoms with Gasteiger partial charge in [0.2, 0.25) is 0 Å². The Balaban J connectivity index is 2.56. The molecule has 0 aliphatic heterocycles. The number of rotatable bonds is 2. The van der Waals surface area contributed by atoms with E-state index in [1.165, 1.54) is 13.3 Å². The molecule has 1 aromatic heterocycles. The van der Waals surface area contributed by atoms with Gasteiger partial charge >= 0.3 is 5.97 Å². The zero-order chi connectivity index (χ0) is 10.8. The fourth-order valence-corrected chi connectivity index (χ4v) is 2.03. The molecule has 0 saturated carbocycles. The Morgan fingerprint density at radius 1 is 1.47 bits per heavy atom. The molecule has 1 heterocycles. The van der Waals surface area contributed by atoms with Gasteiger partial charge in [0.05, 0.1) is 7.11 Å². The van der Waals surface area contributed by atoms with Gasteiger partial charge in [-0.1, -0.05) is 0 Å². The van der Waals surface area contributed by atoms with Gasteiger partial charge in [-0.15, -0.1) is 0 Å². The lowest BCUT2D eigenvalue weighted by molar-refractivity contribution is 0.0692. The van der Waals surface area contributed by atoms with Gasteiger partial charge < -0.3 is 9.84 Å². The smallest absolute Gasteiger partial charge is 0.341 e. The summed E-state index contributed by atoms with van der Waals surface area (Å²) in [4.78, 5) is 15.1. The van der Waals surface area contributed by atoms with Crippen LogP contribution >= 0.6 is 0 Å². The van der Waals surface area contributed by atoms with E-state index in [-0.39, 0.29) is 5.56 Å². The first-order valence-electron chi connectivity index (χ1n) is 5.02. The van der Waals surface area contributed by atoms with Crippen LogP contribution in [0.25, 0.3) is 0 Å². The van der Waals surface area contributed by atoms with Crippen molar-refractivity contribution in [2.45, 2.75) is 25.7 Å². The van der Waals surface area contributed by atoms with Crippen LogP contribution in [0, 0.1) is 0 Å². The molecule has 1 aliphatic carbocycles. The van der Waals surface area contributed by atoms with E-state index in [2.05, 4.69) is 4.98 Å². The Morgan fingerprint density at radius 2 is 2.20 bits per heavy atom. The number of hydrogen-bond acceptors (Lipinski definition) is 3. The molecule has 0 bridgehead atoms. The highest BCUT2D eigenvalue weighted by Gasteiger charge is 2.21. The van der Waals surface area contributed by atoms with Gasteiger partial charge in [0, 0.05) is 17.5 Å². The molecule has 0 unspecified atom stereocenters. The van der Waals surface area contributed by atoms with Crippen molar-refractivity contribution >= 4 is 5.97 Å². The predicted octanol–water partition coefficient (Wildman–Crippen LogP) is 1.67. The van der Waals surface area contributed by atoms with Gasteiger partial charge in [-0.25, -0.2) is 4.79 Å². The summed E-state index contributed by atoms with van der Waals surface area (Å²) in [5.41, 5.74) is 2.13. The van der Waals surface area contributed by atoms with E-state index in [1.807, 2.05) is 0 Å². The average Bonchev–Trinajstić information content (AvgIpc) is 2.27. The molecule has 0 aromatic carbocycles. The standard InChI is InChI=1S/C11H13NO3/c1-15-10-7-4-2-3-5-9(7)12-6-8(10)11(13)14/h6H,2-5H2,1H3,(H,13,14). The molecule has 0 radical (unpaired) electrons. The normalized spacial score (nSPS) is 14.5. The molecule has 0 spiro atoms. The third-order valence-corrected chi connectivity index (χ3v) is 2.74. The summed E-state index contributed by atoms with van der Waals surface area (Å²) in [6.45, 7) is 0. The lowest BCUT2D eigenvalue weighted by Crippen LogP contribution is -2.11. The van der Waals surface area contributed by atoms with E-state index in [0.29, 0.717) is 5.75 Å². The number of aromatic carboxylic acids is 1. The van der Waals surface area contributed by atoms with Crippen molar-refractivity contribution in [1.29, 1.82) is 0 Å². The molecule has 0 atom stereocenters. The van der Waals surface area contributed by atoms with Crippen molar-refractivity contribution in [3.8, 4) is 5.75 Å². The molecule has 1 aliphatic rings. The van der Waals surface area contributed by atoms with Gasteiger partial charge in [0.1, 0.15) is 11.3 Å². The fourth-order valence-electron chi connectivity index (χ4n) is 2.03. The number of ether oxygens (including phenoxy) is 1. The van der Waals surface area contributed by atoms with E-state index < -0.39 is 5.97 Å². The molecule has 4 nitrogen and oxygen atoms in total. The topological polar surface area (TPSA) is 59.4 Å². The van der Waals surface area contributed by atoms with Crippen LogP contribution in [0.15, 0.2) is 6.20 Å². The number of aromatic nitrogens is 1. The van der Waals surface area contributed by atoms with Crippen LogP contribution in [-0.4, -0.2) is 23.2 Å².